The molecule has 0 radical (unpaired) electrons. The molecule has 0 bridgehead atoms. The van der Waals surface area contributed by atoms with Crippen LogP contribution < -0.4 is 4.74 Å². The summed E-state index contributed by atoms with van der Waals surface area (Å²) < 4.78 is 30.9. The Labute approximate surface area is 83.1 Å². The zero-order valence-corrected chi connectivity index (χ0v) is 8.44. The first-order valence-electron chi connectivity index (χ1n) is 3.49. The normalized spacial score (nSPS) is 10.8. The molecule has 0 saturated carbocycles. The van der Waals surface area contributed by atoms with Gasteiger partial charge in [0.15, 0.2) is 0 Å². The number of rotatable bonds is 2. The summed E-state index contributed by atoms with van der Waals surface area (Å²) in [6.07, 6.45) is 1.30. The van der Waals surface area contributed by atoms with Crippen molar-refractivity contribution in [2.45, 2.75) is 0 Å². The van der Waals surface area contributed by atoms with Crippen LogP contribution in [0.1, 0.15) is 5.56 Å². The van der Waals surface area contributed by atoms with Crippen LogP contribution in [-0.4, -0.2) is 7.11 Å². The smallest absolute Gasteiger partial charge is 0.137 e. The van der Waals surface area contributed by atoms with Gasteiger partial charge in [-0.1, -0.05) is 15.9 Å². The van der Waals surface area contributed by atoms with Gasteiger partial charge in [-0.2, -0.15) is 0 Å². The molecule has 1 nitrogen and oxygen atoms in total. The van der Waals surface area contributed by atoms with Gasteiger partial charge in [0.05, 0.1) is 7.11 Å². The Morgan fingerprint density at radius 3 is 2.23 bits per heavy atom. The average molecular weight is 249 g/mol. The zero-order valence-electron chi connectivity index (χ0n) is 6.85. The summed E-state index contributed by atoms with van der Waals surface area (Å²) in [5, 5.41) is 0. The molecule has 1 aromatic carbocycles. The third-order valence-corrected chi connectivity index (χ3v) is 1.78. The van der Waals surface area contributed by atoms with E-state index in [4.69, 9.17) is 4.74 Å². The highest BCUT2D eigenvalue weighted by Crippen LogP contribution is 2.21. The molecule has 0 atom stereocenters. The Morgan fingerprint density at radius 2 is 1.85 bits per heavy atom. The number of halogens is 3. The van der Waals surface area contributed by atoms with Gasteiger partial charge in [0.25, 0.3) is 0 Å². The van der Waals surface area contributed by atoms with Gasteiger partial charge in [0.2, 0.25) is 0 Å². The first-order valence-corrected chi connectivity index (χ1v) is 4.40. The lowest BCUT2D eigenvalue weighted by molar-refractivity contribution is 0.406. The van der Waals surface area contributed by atoms with Crippen LogP contribution in [0.2, 0.25) is 0 Å². The fraction of sp³-hybridized carbons (Fsp3) is 0.111. The van der Waals surface area contributed by atoms with Gasteiger partial charge in [-0.25, -0.2) is 8.78 Å². The van der Waals surface area contributed by atoms with E-state index in [1.165, 1.54) is 18.2 Å². The zero-order chi connectivity index (χ0) is 9.84. The molecule has 0 saturated heterocycles. The molecule has 4 heteroatoms. The van der Waals surface area contributed by atoms with Crippen LogP contribution in [0.4, 0.5) is 8.78 Å². The van der Waals surface area contributed by atoms with Crippen molar-refractivity contribution in [1.82, 2.24) is 0 Å². The summed E-state index contributed by atoms with van der Waals surface area (Å²) in [5.41, 5.74) is -0.0855. The lowest BCUT2D eigenvalue weighted by Crippen LogP contribution is -1.91. The van der Waals surface area contributed by atoms with Crippen LogP contribution in [0.3, 0.4) is 0 Å². The quantitative estimate of drug-likeness (QED) is 0.781. The minimum Gasteiger partial charge on any atom is -0.497 e. The number of benzene rings is 1. The van der Waals surface area contributed by atoms with Crippen molar-refractivity contribution in [3.63, 3.8) is 0 Å². The molecule has 70 valence electrons. The summed E-state index contributed by atoms with van der Waals surface area (Å²) >= 11 is 2.94. The van der Waals surface area contributed by atoms with Crippen molar-refractivity contribution in [1.29, 1.82) is 0 Å². The number of ether oxygens (including phenoxy) is 1. The molecule has 1 rings (SSSR count). The molecule has 0 N–H and O–H groups in total. The molecule has 1 aromatic rings. The Kier molecular flexibility index (Phi) is 3.42. The van der Waals surface area contributed by atoms with Crippen LogP contribution >= 0.6 is 15.9 Å². The van der Waals surface area contributed by atoms with Crippen LogP contribution in [0, 0.1) is 11.6 Å². The molecule has 0 aliphatic heterocycles. The van der Waals surface area contributed by atoms with E-state index in [-0.39, 0.29) is 11.3 Å². The summed E-state index contributed by atoms with van der Waals surface area (Å²) in [6.45, 7) is 0. The third-order valence-electron chi connectivity index (χ3n) is 1.52. The third kappa shape index (κ3) is 2.28. The van der Waals surface area contributed by atoms with Gasteiger partial charge in [-0.05, 0) is 11.1 Å². The van der Waals surface area contributed by atoms with Crippen LogP contribution in [0.25, 0.3) is 6.08 Å². The van der Waals surface area contributed by atoms with E-state index in [1.54, 1.807) is 0 Å². The summed E-state index contributed by atoms with van der Waals surface area (Å²) in [7, 11) is 1.36. The fourth-order valence-electron chi connectivity index (χ4n) is 0.901. The van der Waals surface area contributed by atoms with Crippen molar-refractivity contribution < 1.29 is 13.5 Å². The Morgan fingerprint density at radius 1 is 1.31 bits per heavy atom. The highest BCUT2D eigenvalue weighted by atomic mass is 79.9. The molecule has 0 heterocycles. The van der Waals surface area contributed by atoms with Gasteiger partial charge in [0, 0.05) is 17.7 Å². The second kappa shape index (κ2) is 4.37. The highest BCUT2D eigenvalue weighted by Gasteiger charge is 2.08. The number of hydrogen-bond acceptors (Lipinski definition) is 1. The van der Waals surface area contributed by atoms with Crippen LogP contribution in [0.15, 0.2) is 17.1 Å². The van der Waals surface area contributed by atoms with E-state index in [0.717, 1.165) is 12.1 Å². The van der Waals surface area contributed by atoms with E-state index < -0.39 is 11.6 Å². The first-order chi connectivity index (χ1) is 6.19. The molecule has 0 aromatic heterocycles. The topological polar surface area (TPSA) is 9.23 Å². The lowest BCUT2D eigenvalue weighted by Gasteiger charge is -2.03. The summed E-state index contributed by atoms with van der Waals surface area (Å²) in [6, 6.07) is 2.26. The highest BCUT2D eigenvalue weighted by molar-refractivity contribution is 9.11. The van der Waals surface area contributed by atoms with Gasteiger partial charge in [-0.15, -0.1) is 0 Å². The van der Waals surface area contributed by atoms with Gasteiger partial charge >= 0.3 is 0 Å². The van der Waals surface area contributed by atoms with E-state index in [0.29, 0.717) is 0 Å². The monoisotopic (exact) mass is 248 g/mol. The maximum atomic E-state index is 13.1. The number of hydrogen-bond donors (Lipinski definition) is 0. The van der Waals surface area contributed by atoms with E-state index in [9.17, 15) is 8.78 Å². The van der Waals surface area contributed by atoms with Gasteiger partial charge in [-0.3, -0.25) is 0 Å². The molecule has 0 unspecified atom stereocenters. The largest absolute Gasteiger partial charge is 0.497 e. The SMILES string of the molecule is COc1cc(F)c(/C=C/Br)c(F)c1. The van der Waals surface area contributed by atoms with Crippen LogP contribution in [0.5, 0.6) is 5.75 Å². The van der Waals surface area contributed by atoms with E-state index in [2.05, 4.69) is 15.9 Å². The van der Waals surface area contributed by atoms with Crippen molar-refractivity contribution in [2.75, 3.05) is 7.11 Å². The molecule has 0 spiro atoms. The van der Waals surface area contributed by atoms with Crippen molar-refractivity contribution in [3.8, 4) is 5.75 Å². The van der Waals surface area contributed by atoms with Crippen molar-refractivity contribution in [3.05, 3.63) is 34.3 Å². The molecule has 0 aliphatic carbocycles. The molecule has 0 aliphatic rings. The predicted molar refractivity (Wildman–Crippen MR) is 50.9 cm³/mol. The Bertz CT molecular complexity index is 313. The first kappa shape index (κ1) is 10.2. The molecule has 13 heavy (non-hydrogen) atoms. The predicted octanol–water partition coefficient (Wildman–Crippen LogP) is 3.34. The average Bonchev–Trinajstić information content (AvgIpc) is 2.11. The molecular formula is C9H7BrF2O. The standard InChI is InChI=1S/C9H7BrF2O/c1-13-6-4-8(11)7(2-3-10)9(12)5-6/h2-5H,1H3/b3-2+. The van der Waals surface area contributed by atoms with E-state index in [1.807, 2.05) is 0 Å². The van der Waals surface area contributed by atoms with Crippen LogP contribution in [-0.2, 0) is 0 Å². The maximum absolute atomic E-state index is 13.1. The summed E-state index contributed by atoms with van der Waals surface area (Å²) in [4.78, 5) is 1.39. The molecule has 0 amide bonds. The maximum Gasteiger partial charge on any atom is 0.137 e. The van der Waals surface area contributed by atoms with E-state index >= 15 is 0 Å². The molecular weight excluding hydrogens is 242 g/mol. The Hall–Kier alpha value is -0.900. The minimum atomic E-state index is -0.646. The second-order valence-corrected chi connectivity index (χ2v) is 2.83. The number of methoxy groups -OCH3 is 1. The minimum absolute atomic E-state index is 0.0855. The van der Waals surface area contributed by atoms with Crippen molar-refractivity contribution >= 4 is 22.0 Å². The van der Waals surface area contributed by atoms with Gasteiger partial charge in [0.1, 0.15) is 17.4 Å². The molecule has 0 fully saturated rings. The Balaban J connectivity index is 3.22. The fourth-order valence-corrected chi connectivity index (χ4v) is 1.17. The van der Waals surface area contributed by atoms with Gasteiger partial charge < -0.3 is 4.74 Å². The van der Waals surface area contributed by atoms with Crippen molar-refractivity contribution in [2.24, 2.45) is 0 Å². The second-order valence-electron chi connectivity index (χ2n) is 2.30. The lowest BCUT2D eigenvalue weighted by atomic mass is 10.2. The summed E-state index contributed by atoms with van der Waals surface area (Å²) in [5.74, 6) is -1.12.